The van der Waals surface area contributed by atoms with Gasteiger partial charge in [0.25, 0.3) is 0 Å². The average molecular weight is 396 g/mol. The molecular weight excluding hydrogens is 366 g/mol. The van der Waals surface area contributed by atoms with Gasteiger partial charge in [0.15, 0.2) is 0 Å². The number of nitrogens with two attached hydrogens (primary N) is 1. The Morgan fingerprint density at radius 2 is 1.86 bits per heavy atom. The van der Waals surface area contributed by atoms with E-state index in [1.54, 1.807) is 4.90 Å². The van der Waals surface area contributed by atoms with Crippen molar-refractivity contribution in [2.24, 2.45) is 5.73 Å². The topological polar surface area (TPSA) is 86.9 Å². The Bertz CT molecular complexity index is 919. The summed E-state index contributed by atoms with van der Waals surface area (Å²) in [7, 11) is 0. The molecule has 2 aromatic carbocycles. The van der Waals surface area contributed by atoms with E-state index >= 15 is 0 Å². The number of nitrogens with zero attached hydrogens (tertiary/aromatic N) is 2. The van der Waals surface area contributed by atoms with Crippen molar-refractivity contribution < 1.29 is 14.7 Å². The van der Waals surface area contributed by atoms with E-state index in [1.807, 2.05) is 70.2 Å². The zero-order chi connectivity index (χ0) is 21.3. The molecule has 3 N–H and O–H groups in total. The minimum atomic E-state index is -0.997. The van der Waals surface area contributed by atoms with Gasteiger partial charge in [0.05, 0.1) is 11.7 Å². The molecule has 1 atom stereocenters. The van der Waals surface area contributed by atoms with Crippen LogP contribution < -0.4 is 10.6 Å². The van der Waals surface area contributed by atoms with Gasteiger partial charge in [-0.05, 0) is 62.4 Å². The summed E-state index contributed by atoms with van der Waals surface area (Å²) in [5.41, 5.74) is 10.2. The molecule has 2 aromatic rings. The molecule has 6 heteroatoms. The van der Waals surface area contributed by atoms with Crippen molar-refractivity contribution in [1.29, 1.82) is 0 Å². The van der Waals surface area contributed by atoms with Crippen LogP contribution in [0.4, 0.5) is 10.5 Å². The Hall–Kier alpha value is -2.86. The third-order valence-electron chi connectivity index (χ3n) is 5.40. The van der Waals surface area contributed by atoms with Crippen molar-refractivity contribution in [2.45, 2.75) is 58.8 Å². The quantitative estimate of drug-likeness (QED) is 0.830. The van der Waals surface area contributed by atoms with Crippen molar-refractivity contribution in [1.82, 2.24) is 4.90 Å². The van der Waals surface area contributed by atoms with Gasteiger partial charge in [0.2, 0.25) is 5.91 Å². The van der Waals surface area contributed by atoms with Crippen LogP contribution in [0.3, 0.4) is 0 Å². The molecule has 3 rings (SSSR count). The molecule has 2 amide bonds. The highest BCUT2D eigenvalue weighted by Crippen LogP contribution is 2.33. The number of hydrogen-bond donors (Lipinski definition) is 2. The van der Waals surface area contributed by atoms with Crippen LogP contribution in [-0.2, 0) is 24.3 Å². The zero-order valence-corrected chi connectivity index (χ0v) is 17.5. The molecule has 0 spiro atoms. The molecule has 29 heavy (non-hydrogen) atoms. The van der Waals surface area contributed by atoms with E-state index in [4.69, 9.17) is 5.73 Å². The largest absolute Gasteiger partial charge is 0.465 e. The molecule has 1 aliphatic rings. The Balaban J connectivity index is 2.04. The third kappa shape index (κ3) is 4.27. The van der Waals surface area contributed by atoms with Gasteiger partial charge in [0.1, 0.15) is 0 Å². The van der Waals surface area contributed by atoms with Crippen molar-refractivity contribution in [2.75, 3.05) is 4.90 Å². The lowest BCUT2D eigenvalue weighted by Crippen LogP contribution is -2.45. The number of carboxylic acid groups (broad SMARTS) is 1. The second kappa shape index (κ2) is 7.87. The van der Waals surface area contributed by atoms with Gasteiger partial charge in [-0.3, -0.25) is 9.69 Å². The van der Waals surface area contributed by atoms with Crippen LogP contribution in [0.25, 0.3) is 0 Å². The highest BCUT2D eigenvalue weighted by Gasteiger charge is 2.33. The van der Waals surface area contributed by atoms with Crippen molar-refractivity contribution in [3.05, 3.63) is 64.7 Å². The molecule has 0 bridgehead atoms. The fourth-order valence-corrected chi connectivity index (χ4v) is 3.97. The number of benzene rings is 2. The van der Waals surface area contributed by atoms with Crippen molar-refractivity contribution in [3.63, 3.8) is 0 Å². The Morgan fingerprint density at radius 3 is 2.45 bits per heavy atom. The number of fused-ring (bicyclic) bond motifs is 1. The second-order valence-corrected chi connectivity index (χ2v) is 8.63. The highest BCUT2D eigenvalue weighted by molar-refractivity contribution is 5.89. The first-order valence-corrected chi connectivity index (χ1v) is 9.82. The number of rotatable bonds is 3. The predicted octanol–water partition coefficient (Wildman–Crippen LogP) is 3.69. The SMILES string of the molecule is Cc1c(N(C(=O)O)C(C)(C)C)ccc2c1CN(Cc1ccccc1)C(=O)C(N)C2. The fraction of sp³-hybridized carbons (Fsp3) is 0.391. The highest BCUT2D eigenvalue weighted by atomic mass is 16.4. The third-order valence-corrected chi connectivity index (χ3v) is 5.40. The van der Waals surface area contributed by atoms with Gasteiger partial charge >= 0.3 is 6.09 Å². The first-order valence-electron chi connectivity index (χ1n) is 9.82. The average Bonchev–Trinajstić information content (AvgIpc) is 2.75. The molecule has 1 heterocycles. The number of hydrogen-bond acceptors (Lipinski definition) is 3. The van der Waals surface area contributed by atoms with Gasteiger partial charge in [-0.1, -0.05) is 36.4 Å². The number of carbonyl (C=O) groups excluding carboxylic acids is 1. The van der Waals surface area contributed by atoms with Crippen LogP contribution in [0, 0.1) is 6.92 Å². The molecule has 0 fully saturated rings. The van der Waals surface area contributed by atoms with Gasteiger partial charge < -0.3 is 15.7 Å². The maximum Gasteiger partial charge on any atom is 0.412 e. The fourth-order valence-electron chi connectivity index (χ4n) is 3.97. The van der Waals surface area contributed by atoms with Gasteiger partial charge in [-0.2, -0.15) is 0 Å². The molecule has 0 saturated heterocycles. The molecular formula is C23H29N3O3. The van der Waals surface area contributed by atoms with Gasteiger partial charge in [-0.25, -0.2) is 4.79 Å². The van der Waals surface area contributed by atoms with Gasteiger partial charge in [0, 0.05) is 18.6 Å². The summed E-state index contributed by atoms with van der Waals surface area (Å²) in [6.07, 6.45) is -0.550. The van der Waals surface area contributed by atoms with Crippen molar-refractivity contribution in [3.8, 4) is 0 Å². The maximum atomic E-state index is 12.9. The van der Waals surface area contributed by atoms with Gasteiger partial charge in [-0.15, -0.1) is 0 Å². The Labute approximate surface area is 171 Å². The number of carbonyl (C=O) groups is 2. The minimum absolute atomic E-state index is 0.0862. The molecule has 1 unspecified atom stereocenters. The maximum absolute atomic E-state index is 12.9. The molecule has 154 valence electrons. The standard InChI is InChI=1S/C23H29N3O3/c1-15-18-14-25(13-16-8-6-5-7-9-16)21(27)19(24)12-17(18)10-11-20(15)26(22(28)29)23(2,3)4/h5-11,19H,12-14,24H2,1-4H3,(H,28,29). The first kappa shape index (κ1) is 20.9. The van der Waals surface area contributed by atoms with E-state index in [0.29, 0.717) is 25.2 Å². The molecule has 6 nitrogen and oxygen atoms in total. The zero-order valence-electron chi connectivity index (χ0n) is 17.5. The van der Waals surface area contributed by atoms with E-state index in [-0.39, 0.29) is 5.91 Å². The molecule has 0 aromatic heterocycles. The summed E-state index contributed by atoms with van der Waals surface area (Å²) in [5.74, 6) is -0.0862. The molecule has 0 aliphatic carbocycles. The summed E-state index contributed by atoms with van der Waals surface area (Å²) < 4.78 is 0. The lowest BCUT2D eigenvalue weighted by molar-refractivity contribution is -0.133. The lowest BCUT2D eigenvalue weighted by atomic mass is 9.94. The summed E-state index contributed by atoms with van der Waals surface area (Å²) in [4.78, 5) is 28.1. The Morgan fingerprint density at radius 1 is 1.21 bits per heavy atom. The second-order valence-electron chi connectivity index (χ2n) is 8.63. The van der Waals surface area contributed by atoms with Crippen LogP contribution in [0.2, 0.25) is 0 Å². The molecule has 0 saturated carbocycles. The van der Waals surface area contributed by atoms with E-state index in [0.717, 1.165) is 22.3 Å². The van der Waals surface area contributed by atoms with E-state index in [2.05, 4.69) is 0 Å². The molecule has 0 radical (unpaired) electrons. The first-order chi connectivity index (χ1) is 13.6. The van der Waals surface area contributed by atoms with Crippen LogP contribution in [0.15, 0.2) is 42.5 Å². The molecule has 1 aliphatic heterocycles. The summed E-state index contributed by atoms with van der Waals surface area (Å²) >= 11 is 0. The van der Waals surface area contributed by atoms with Crippen LogP contribution in [-0.4, -0.2) is 33.6 Å². The normalized spacial score (nSPS) is 16.9. The van der Waals surface area contributed by atoms with E-state index < -0.39 is 17.7 Å². The Kier molecular flexibility index (Phi) is 5.66. The van der Waals surface area contributed by atoms with Crippen LogP contribution in [0.5, 0.6) is 0 Å². The number of anilines is 1. The van der Waals surface area contributed by atoms with E-state index in [9.17, 15) is 14.7 Å². The summed E-state index contributed by atoms with van der Waals surface area (Å²) in [5, 5.41) is 9.82. The summed E-state index contributed by atoms with van der Waals surface area (Å²) in [6, 6.07) is 12.9. The minimum Gasteiger partial charge on any atom is -0.465 e. The van der Waals surface area contributed by atoms with Crippen molar-refractivity contribution >= 4 is 17.7 Å². The monoisotopic (exact) mass is 395 g/mol. The number of amides is 2. The summed E-state index contributed by atoms with van der Waals surface area (Å²) in [6.45, 7) is 8.42. The van der Waals surface area contributed by atoms with Crippen LogP contribution >= 0.6 is 0 Å². The smallest absolute Gasteiger partial charge is 0.412 e. The van der Waals surface area contributed by atoms with E-state index in [1.165, 1.54) is 4.90 Å². The van der Waals surface area contributed by atoms with Crippen LogP contribution in [0.1, 0.15) is 43.0 Å². The lowest BCUT2D eigenvalue weighted by Gasteiger charge is -2.35. The predicted molar refractivity (Wildman–Crippen MR) is 114 cm³/mol.